The predicted molar refractivity (Wildman–Crippen MR) is 82.5 cm³/mol. The number of hydrogen-bond acceptors (Lipinski definition) is 2. The Morgan fingerprint density at radius 2 is 1.89 bits per heavy atom. The fourth-order valence-corrected chi connectivity index (χ4v) is 3.12. The first kappa shape index (κ1) is 14.5. The van der Waals surface area contributed by atoms with Crippen molar-refractivity contribution >= 4 is 0 Å². The van der Waals surface area contributed by atoms with E-state index < -0.39 is 0 Å². The molecule has 0 saturated carbocycles. The lowest BCUT2D eigenvalue weighted by Crippen LogP contribution is -2.43. The SMILES string of the molecule is CCN(Cc1cc(C)cc(C)c1)CC1CCCCN1. The minimum atomic E-state index is 0.694. The second kappa shape index (κ2) is 7.06. The number of aryl methyl sites for hydroxylation is 2. The molecular weight excluding hydrogens is 232 g/mol. The lowest BCUT2D eigenvalue weighted by molar-refractivity contribution is 0.226. The van der Waals surface area contributed by atoms with Crippen molar-refractivity contribution in [2.24, 2.45) is 0 Å². The van der Waals surface area contributed by atoms with Crippen molar-refractivity contribution in [3.05, 3.63) is 34.9 Å². The summed E-state index contributed by atoms with van der Waals surface area (Å²) in [7, 11) is 0. The molecule has 1 heterocycles. The van der Waals surface area contributed by atoms with Gasteiger partial charge in [0.2, 0.25) is 0 Å². The van der Waals surface area contributed by atoms with Gasteiger partial charge in [0, 0.05) is 19.1 Å². The van der Waals surface area contributed by atoms with Gasteiger partial charge in [-0.3, -0.25) is 4.90 Å². The molecule has 0 amide bonds. The van der Waals surface area contributed by atoms with Gasteiger partial charge in [0.1, 0.15) is 0 Å². The number of likely N-dealkylation sites (N-methyl/N-ethyl adjacent to an activating group) is 1. The summed E-state index contributed by atoms with van der Waals surface area (Å²) in [5.74, 6) is 0. The third-order valence-corrected chi connectivity index (χ3v) is 4.03. The molecule has 0 aliphatic carbocycles. The van der Waals surface area contributed by atoms with Gasteiger partial charge < -0.3 is 5.32 Å². The van der Waals surface area contributed by atoms with Crippen LogP contribution in [0.4, 0.5) is 0 Å². The van der Waals surface area contributed by atoms with Crippen molar-refractivity contribution in [3.63, 3.8) is 0 Å². The smallest absolute Gasteiger partial charge is 0.0234 e. The van der Waals surface area contributed by atoms with Gasteiger partial charge in [-0.15, -0.1) is 0 Å². The highest BCUT2D eigenvalue weighted by Gasteiger charge is 2.15. The maximum Gasteiger partial charge on any atom is 0.0234 e. The van der Waals surface area contributed by atoms with E-state index in [-0.39, 0.29) is 0 Å². The molecular formula is C17H28N2. The van der Waals surface area contributed by atoms with Crippen LogP contribution in [0.5, 0.6) is 0 Å². The first-order valence-electron chi connectivity index (χ1n) is 7.70. The molecule has 1 aliphatic rings. The zero-order chi connectivity index (χ0) is 13.7. The average molecular weight is 260 g/mol. The van der Waals surface area contributed by atoms with Gasteiger partial charge in [-0.05, 0) is 45.3 Å². The number of benzene rings is 1. The lowest BCUT2D eigenvalue weighted by Gasteiger charge is -2.30. The lowest BCUT2D eigenvalue weighted by atomic mass is 10.0. The van der Waals surface area contributed by atoms with Crippen LogP contribution in [0.15, 0.2) is 18.2 Å². The van der Waals surface area contributed by atoms with E-state index in [9.17, 15) is 0 Å². The molecule has 1 aliphatic heterocycles. The molecule has 1 aromatic carbocycles. The van der Waals surface area contributed by atoms with Crippen molar-refractivity contribution in [1.82, 2.24) is 10.2 Å². The van der Waals surface area contributed by atoms with E-state index >= 15 is 0 Å². The number of rotatable bonds is 5. The Kier molecular flexibility index (Phi) is 5.41. The summed E-state index contributed by atoms with van der Waals surface area (Å²) in [6.07, 6.45) is 4.07. The molecule has 0 spiro atoms. The third kappa shape index (κ3) is 4.63. The first-order chi connectivity index (χ1) is 9.17. The zero-order valence-electron chi connectivity index (χ0n) is 12.7. The van der Waals surface area contributed by atoms with Gasteiger partial charge in [0.25, 0.3) is 0 Å². The van der Waals surface area contributed by atoms with E-state index in [1.54, 1.807) is 0 Å². The Morgan fingerprint density at radius 3 is 2.47 bits per heavy atom. The molecule has 2 rings (SSSR count). The summed E-state index contributed by atoms with van der Waals surface area (Å²) >= 11 is 0. The molecule has 1 atom stereocenters. The van der Waals surface area contributed by atoms with Crippen molar-refractivity contribution in [3.8, 4) is 0 Å². The highest BCUT2D eigenvalue weighted by molar-refractivity contribution is 5.28. The van der Waals surface area contributed by atoms with Crippen LogP contribution < -0.4 is 5.32 Å². The topological polar surface area (TPSA) is 15.3 Å². The van der Waals surface area contributed by atoms with Gasteiger partial charge in [0.05, 0.1) is 0 Å². The van der Waals surface area contributed by atoms with Crippen LogP contribution in [-0.4, -0.2) is 30.6 Å². The van der Waals surface area contributed by atoms with Crippen LogP contribution in [-0.2, 0) is 6.54 Å². The van der Waals surface area contributed by atoms with Crippen LogP contribution in [0.25, 0.3) is 0 Å². The minimum Gasteiger partial charge on any atom is -0.313 e. The summed E-state index contributed by atoms with van der Waals surface area (Å²) < 4.78 is 0. The van der Waals surface area contributed by atoms with Crippen molar-refractivity contribution in [2.45, 2.75) is 52.6 Å². The van der Waals surface area contributed by atoms with Gasteiger partial charge in [0.15, 0.2) is 0 Å². The van der Waals surface area contributed by atoms with E-state index in [0.29, 0.717) is 6.04 Å². The number of nitrogens with one attached hydrogen (secondary N) is 1. The summed E-state index contributed by atoms with van der Waals surface area (Å²) in [6.45, 7) is 11.2. The Morgan fingerprint density at radius 1 is 1.16 bits per heavy atom. The quantitative estimate of drug-likeness (QED) is 0.874. The van der Waals surface area contributed by atoms with Crippen LogP contribution in [0.3, 0.4) is 0 Å². The summed E-state index contributed by atoms with van der Waals surface area (Å²) in [5.41, 5.74) is 4.21. The molecule has 0 bridgehead atoms. The van der Waals surface area contributed by atoms with E-state index in [4.69, 9.17) is 0 Å². The second-order valence-electron chi connectivity index (χ2n) is 5.97. The van der Waals surface area contributed by atoms with Gasteiger partial charge in [-0.2, -0.15) is 0 Å². The van der Waals surface area contributed by atoms with E-state index in [1.807, 2.05) is 0 Å². The largest absolute Gasteiger partial charge is 0.313 e. The molecule has 1 aromatic rings. The number of hydrogen-bond donors (Lipinski definition) is 1. The predicted octanol–water partition coefficient (Wildman–Crippen LogP) is 3.27. The monoisotopic (exact) mass is 260 g/mol. The van der Waals surface area contributed by atoms with Crippen LogP contribution in [0, 0.1) is 13.8 Å². The molecule has 1 N–H and O–H groups in total. The maximum absolute atomic E-state index is 3.65. The molecule has 2 nitrogen and oxygen atoms in total. The van der Waals surface area contributed by atoms with Crippen molar-refractivity contribution < 1.29 is 0 Å². The normalized spacial score (nSPS) is 19.9. The van der Waals surface area contributed by atoms with Crippen LogP contribution >= 0.6 is 0 Å². The molecule has 0 radical (unpaired) electrons. The van der Waals surface area contributed by atoms with E-state index in [1.165, 1.54) is 49.0 Å². The Hall–Kier alpha value is -0.860. The summed E-state index contributed by atoms with van der Waals surface area (Å²) in [5, 5.41) is 3.65. The molecule has 1 saturated heterocycles. The molecule has 1 unspecified atom stereocenters. The van der Waals surface area contributed by atoms with Crippen LogP contribution in [0.2, 0.25) is 0 Å². The van der Waals surface area contributed by atoms with E-state index in [2.05, 4.69) is 49.2 Å². The molecule has 1 fully saturated rings. The fraction of sp³-hybridized carbons (Fsp3) is 0.647. The number of piperidine rings is 1. The van der Waals surface area contributed by atoms with Crippen LogP contribution in [0.1, 0.15) is 42.9 Å². The second-order valence-corrected chi connectivity index (χ2v) is 5.97. The molecule has 0 aromatic heterocycles. The minimum absolute atomic E-state index is 0.694. The highest BCUT2D eigenvalue weighted by atomic mass is 15.1. The average Bonchev–Trinajstić information content (AvgIpc) is 2.38. The van der Waals surface area contributed by atoms with Crippen molar-refractivity contribution in [2.75, 3.05) is 19.6 Å². The van der Waals surface area contributed by atoms with Crippen molar-refractivity contribution in [1.29, 1.82) is 0 Å². The maximum atomic E-state index is 3.65. The molecule has 106 valence electrons. The Labute approximate surface area is 118 Å². The zero-order valence-corrected chi connectivity index (χ0v) is 12.7. The number of nitrogens with zero attached hydrogens (tertiary/aromatic N) is 1. The third-order valence-electron chi connectivity index (χ3n) is 4.03. The Balaban J connectivity index is 1.93. The molecule has 19 heavy (non-hydrogen) atoms. The van der Waals surface area contributed by atoms with Gasteiger partial charge in [-0.1, -0.05) is 42.7 Å². The Bertz CT molecular complexity index is 374. The summed E-state index contributed by atoms with van der Waals surface area (Å²) in [4.78, 5) is 2.57. The van der Waals surface area contributed by atoms with Gasteiger partial charge >= 0.3 is 0 Å². The van der Waals surface area contributed by atoms with Gasteiger partial charge in [-0.25, -0.2) is 0 Å². The standard InChI is InChI=1S/C17H28N2/c1-4-19(13-17-7-5-6-8-18-17)12-16-10-14(2)9-15(3)11-16/h9-11,17-18H,4-8,12-13H2,1-3H3. The van der Waals surface area contributed by atoms with E-state index in [0.717, 1.165) is 13.1 Å². The molecule has 2 heteroatoms. The highest BCUT2D eigenvalue weighted by Crippen LogP contribution is 2.13. The summed E-state index contributed by atoms with van der Waals surface area (Å²) in [6, 6.07) is 7.59. The first-order valence-corrected chi connectivity index (χ1v) is 7.70. The fourth-order valence-electron chi connectivity index (χ4n) is 3.12.